The molecule has 0 unspecified atom stereocenters. The van der Waals surface area contributed by atoms with Crippen LogP contribution in [0.5, 0.6) is 0 Å². The number of nitrogens with zero attached hydrogens (tertiary/aromatic N) is 2. The molecule has 4 rings (SSSR count). The van der Waals surface area contributed by atoms with Crippen LogP contribution < -0.4 is 5.56 Å². The van der Waals surface area contributed by atoms with Gasteiger partial charge in [0.1, 0.15) is 11.4 Å². The number of halogens is 1. The van der Waals surface area contributed by atoms with E-state index in [1.165, 1.54) is 24.5 Å². The van der Waals surface area contributed by atoms with Gasteiger partial charge in [-0.3, -0.25) is 4.79 Å². The summed E-state index contributed by atoms with van der Waals surface area (Å²) in [6.07, 6.45) is 0. The molecule has 0 radical (unpaired) electrons. The Labute approximate surface area is 155 Å². The van der Waals surface area contributed by atoms with Crippen molar-refractivity contribution in [3.8, 4) is 10.6 Å². The van der Waals surface area contributed by atoms with Gasteiger partial charge in [-0.05, 0) is 24.3 Å². The monoisotopic (exact) mass is 389 g/mol. The first-order valence-electron chi connectivity index (χ1n) is 7.57. The number of H-pyrrole nitrogens is 1. The lowest BCUT2D eigenvalue weighted by Gasteiger charge is -2.06. The molecule has 26 heavy (non-hydrogen) atoms. The summed E-state index contributed by atoms with van der Waals surface area (Å²) in [5.74, 6) is 0.0946. The summed E-state index contributed by atoms with van der Waals surface area (Å²) in [5.41, 5.74) is 1.93. The topological polar surface area (TPSA) is 90.1 Å². The number of esters is 1. The minimum atomic E-state index is -0.504. The molecular weight excluding hydrogens is 378 g/mol. The van der Waals surface area contributed by atoms with E-state index in [0.717, 1.165) is 4.88 Å². The third-order valence-corrected chi connectivity index (χ3v) is 5.12. The fourth-order valence-corrected chi connectivity index (χ4v) is 3.72. The highest BCUT2D eigenvalue weighted by atomic mass is 35.5. The lowest BCUT2D eigenvalue weighted by molar-refractivity contribution is 0.0589. The molecule has 0 saturated carbocycles. The summed E-state index contributed by atoms with van der Waals surface area (Å²) in [4.78, 5) is 27.2. The Morgan fingerprint density at radius 2 is 2.19 bits per heavy atom. The summed E-state index contributed by atoms with van der Waals surface area (Å²) < 4.78 is 12.6. The normalized spacial score (nSPS) is 11.2. The fraction of sp³-hybridized carbons (Fsp3) is 0.118. The smallest absolute Gasteiger partial charge is 0.354 e. The zero-order valence-electron chi connectivity index (χ0n) is 13.5. The van der Waals surface area contributed by atoms with Gasteiger partial charge in [0.15, 0.2) is 5.76 Å². The molecule has 7 nitrogen and oxygen atoms in total. The molecule has 4 aromatic heterocycles. The van der Waals surface area contributed by atoms with Gasteiger partial charge in [0.2, 0.25) is 5.56 Å². The number of aromatic amines is 1. The number of fused-ring (bicyclic) bond motifs is 1. The van der Waals surface area contributed by atoms with Crippen molar-refractivity contribution in [2.75, 3.05) is 7.11 Å². The zero-order chi connectivity index (χ0) is 18.3. The largest absolute Gasteiger partial charge is 0.464 e. The van der Waals surface area contributed by atoms with Gasteiger partial charge in [0, 0.05) is 12.1 Å². The summed E-state index contributed by atoms with van der Waals surface area (Å²) in [7, 11) is 1.31. The van der Waals surface area contributed by atoms with Crippen molar-refractivity contribution < 1.29 is 14.1 Å². The van der Waals surface area contributed by atoms with E-state index >= 15 is 0 Å². The number of rotatable bonds is 4. The highest BCUT2D eigenvalue weighted by molar-refractivity contribution is 7.19. The van der Waals surface area contributed by atoms with Crippen LogP contribution >= 0.6 is 22.9 Å². The van der Waals surface area contributed by atoms with Gasteiger partial charge in [-0.15, -0.1) is 11.3 Å². The first-order valence-corrected chi connectivity index (χ1v) is 8.77. The van der Waals surface area contributed by atoms with E-state index in [4.69, 9.17) is 20.9 Å². The standard InChI is InChI=1S/C17H12ClN3O4S/c1-24-17(23)12-7-10-11(2-5-16(22)19-10)21(12)8-9-6-13(25-20-9)14-3-4-15(18)26-14/h2-7H,8H2,1H3,(H,19,22). The average molecular weight is 390 g/mol. The molecule has 0 aliphatic heterocycles. The predicted octanol–water partition coefficient (Wildman–Crippen LogP) is 3.53. The van der Waals surface area contributed by atoms with Gasteiger partial charge < -0.3 is 18.8 Å². The SMILES string of the molecule is COC(=O)c1cc2[nH]c(=O)ccc2n1Cc1cc(-c2ccc(Cl)s2)on1. The maximum absolute atomic E-state index is 12.1. The third kappa shape index (κ3) is 2.93. The first kappa shape index (κ1) is 16.6. The second kappa shape index (κ2) is 6.47. The highest BCUT2D eigenvalue weighted by Crippen LogP contribution is 2.31. The molecule has 4 aromatic rings. The Bertz CT molecular complexity index is 1170. The number of ether oxygens (including phenoxy) is 1. The van der Waals surface area contributed by atoms with Gasteiger partial charge in [-0.25, -0.2) is 4.79 Å². The third-order valence-electron chi connectivity index (χ3n) is 3.88. The molecule has 0 atom stereocenters. The van der Waals surface area contributed by atoms with E-state index < -0.39 is 5.97 Å². The number of hydrogen-bond donors (Lipinski definition) is 1. The van der Waals surface area contributed by atoms with Crippen LogP contribution in [0.15, 0.2) is 45.7 Å². The number of nitrogens with one attached hydrogen (secondary N) is 1. The van der Waals surface area contributed by atoms with E-state index in [0.29, 0.717) is 32.5 Å². The van der Waals surface area contributed by atoms with Gasteiger partial charge in [0.05, 0.1) is 33.9 Å². The summed E-state index contributed by atoms with van der Waals surface area (Å²) in [6, 6.07) is 10.1. The van der Waals surface area contributed by atoms with Crippen molar-refractivity contribution in [2.45, 2.75) is 6.54 Å². The van der Waals surface area contributed by atoms with E-state index in [1.54, 1.807) is 28.8 Å². The Balaban J connectivity index is 1.76. The van der Waals surface area contributed by atoms with E-state index in [9.17, 15) is 9.59 Å². The highest BCUT2D eigenvalue weighted by Gasteiger charge is 2.18. The van der Waals surface area contributed by atoms with Crippen LogP contribution in [0.4, 0.5) is 0 Å². The van der Waals surface area contributed by atoms with Crippen LogP contribution in [0.1, 0.15) is 16.2 Å². The minimum Gasteiger partial charge on any atom is -0.464 e. The molecule has 0 amide bonds. The molecule has 0 aromatic carbocycles. The van der Waals surface area contributed by atoms with Crippen molar-refractivity contribution in [1.29, 1.82) is 0 Å². The molecule has 0 saturated heterocycles. The molecule has 0 aliphatic rings. The van der Waals surface area contributed by atoms with Gasteiger partial charge in [-0.2, -0.15) is 0 Å². The minimum absolute atomic E-state index is 0.246. The lowest BCUT2D eigenvalue weighted by atomic mass is 10.3. The number of hydrogen-bond acceptors (Lipinski definition) is 6. The average Bonchev–Trinajstić information content (AvgIpc) is 3.33. The Kier molecular flexibility index (Phi) is 4.14. The van der Waals surface area contributed by atoms with E-state index in [1.807, 2.05) is 6.07 Å². The van der Waals surface area contributed by atoms with Crippen LogP contribution in [-0.4, -0.2) is 27.8 Å². The molecule has 0 aliphatic carbocycles. The Hall–Kier alpha value is -2.84. The van der Waals surface area contributed by atoms with Gasteiger partial charge in [0.25, 0.3) is 0 Å². The van der Waals surface area contributed by atoms with Crippen LogP contribution in [0.2, 0.25) is 4.34 Å². The van der Waals surface area contributed by atoms with E-state index in [-0.39, 0.29) is 12.1 Å². The van der Waals surface area contributed by atoms with Crippen molar-refractivity contribution in [3.05, 3.63) is 62.5 Å². The zero-order valence-corrected chi connectivity index (χ0v) is 15.1. The molecule has 4 heterocycles. The molecular formula is C17H12ClN3O4S. The van der Waals surface area contributed by atoms with Crippen LogP contribution in [0, 0.1) is 0 Å². The number of aromatic nitrogens is 3. The number of thiophene rings is 1. The van der Waals surface area contributed by atoms with Crippen LogP contribution in [0.3, 0.4) is 0 Å². The van der Waals surface area contributed by atoms with Crippen molar-refractivity contribution in [3.63, 3.8) is 0 Å². The van der Waals surface area contributed by atoms with Crippen molar-refractivity contribution >= 4 is 39.9 Å². The maximum atomic E-state index is 12.1. The Morgan fingerprint density at radius 1 is 1.35 bits per heavy atom. The van der Waals surface area contributed by atoms with Crippen molar-refractivity contribution in [2.24, 2.45) is 0 Å². The molecule has 1 N–H and O–H groups in total. The summed E-state index contributed by atoms with van der Waals surface area (Å²) >= 11 is 7.34. The summed E-state index contributed by atoms with van der Waals surface area (Å²) in [6.45, 7) is 0.280. The second-order valence-electron chi connectivity index (χ2n) is 5.52. The van der Waals surface area contributed by atoms with Gasteiger partial charge >= 0.3 is 5.97 Å². The molecule has 132 valence electrons. The molecule has 0 bridgehead atoms. The maximum Gasteiger partial charge on any atom is 0.354 e. The van der Waals surface area contributed by atoms with Crippen LogP contribution in [0.25, 0.3) is 21.7 Å². The first-order chi connectivity index (χ1) is 12.5. The number of methoxy groups -OCH3 is 1. The van der Waals surface area contributed by atoms with Crippen LogP contribution in [-0.2, 0) is 11.3 Å². The Morgan fingerprint density at radius 3 is 2.92 bits per heavy atom. The second-order valence-corrected chi connectivity index (χ2v) is 7.23. The van der Waals surface area contributed by atoms with Gasteiger partial charge in [-0.1, -0.05) is 16.8 Å². The fourth-order valence-electron chi connectivity index (χ4n) is 2.73. The number of pyridine rings is 1. The van der Waals surface area contributed by atoms with E-state index in [2.05, 4.69) is 10.1 Å². The number of carbonyl (C=O) groups excluding carboxylic acids is 1. The lowest BCUT2D eigenvalue weighted by Crippen LogP contribution is -2.11. The van der Waals surface area contributed by atoms with Crippen molar-refractivity contribution in [1.82, 2.24) is 14.7 Å². The molecule has 0 fully saturated rings. The molecule has 0 spiro atoms. The quantitative estimate of drug-likeness (QED) is 0.539. The number of carbonyl (C=O) groups is 1. The predicted molar refractivity (Wildman–Crippen MR) is 97.8 cm³/mol. The summed E-state index contributed by atoms with van der Waals surface area (Å²) in [5, 5.41) is 4.07. The molecule has 9 heteroatoms.